The number of aromatic nitrogens is 2. The van der Waals surface area contributed by atoms with Crippen molar-refractivity contribution in [1.29, 1.82) is 0 Å². The Hall–Kier alpha value is -7.20. The Morgan fingerprint density at radius 1 is 0.322 bits per heavy atom. The van der Waals surface area contributed by atoms with Gasteiger partial charge in [-0.2, -0.15) is 0 Å². The van der Waals surface area contributed by atoms with Gasteiger partial charge < -0.3 is 0 Å². The lowest BCUT2D eigenvalue weighted by molar-refractivity contribution is 1.21. The zero-order chi connectivity index (χ0) is 39.5. The minimum Gasteiger partial charge on any atom is -0.228 e. The van der Waals surface area contributed by atoms with Crippen LogP contribution in [0.15, 0.2) is 206 Å². The first-order valence-electron chi connectivity index (χ1n) is 20.4. The third-order valence-corrected chi connectivity index (χ3v) is 15.7. The molecule has 59 heavy (non-hydrogen) atoms. The molecule has 0 radical (unpaired) electrons. The van der Waals surface area contributed by atoms with Crippen LogP contribution in [0.25, 0.3) is 100.0 Å². The van der Waals surface area contributed by atoms with E-state index in [0.717, 1.165) is 39.3 Å². The van der Waals surface area contributed by atoms with Gasteiger partial charge in [-0.05, 0) is 113 Å². The van der Waals surface area contributed by atoms with Crippen molar-refractivity contribution in [2.24, 2.45) is 0 Å². The van der Waals surface area contributed by atoms with E-state index in [1.165, 1.54) is 71.0 Å². The van der Waals surface area contributed by atoms with Crippen molar-refractivity contribution in [3.8, 4) is 78.4 Å². The van der Waals surface area contributed by atoms with E-state index in [9.17, 15) is 0 Å². The third-order valence-electron chi connectivity index (χ3n) is 12.2. The molecule has 10 aromatic rings. The molecule has 1 aliphatic rings. The molecule has 0 saturated heterocycles. The van der Waals surface area contributed by atoms with Crippen LogP contribution in [0.5, 0.6) is 0 Å². The van der Waals surface area contributed by atoms with Crippen molar-refractivity contribution in [1.82, 2.24) is 9.97 Å². The van der Waals surface area contributed by atoms with Gasteiger partial charge in [-0.25, -0.2) is 9.97 Å². The van der Waals surface area contributed by atoms with Crippen LogP contribution in [0, 0.1) is 0 Å². The summed E-state index contributed by atoms with van der Waals surface area (Å²) in [5.41, 5.74) is 15.0. The lowest BCUT2D eigenvalue weighted by atomic mass is 9.92. The number of nitrogens with zero attached hydrogens (tertiary/aromatic N) is 2. The van der Waals surface area contributed by atoms with Gasteiger partial charge >= 0.3 is 0 Å². The lowest BCUT2D eigenvalue weighted by Crippen LogP contribution is -2.50. The summed E-state index contributed by atoms with van der Waals surface area (Å²) >= 11 is 0. The summed E-state index contributed by atoms with van der Waals surface area (Å²) in [7, 11) is -2.25. The molecule has 0 N–H and O–H groups in total. The Morgan fingerprint density at radius 3 is 1.42 bits per heavy atom. The fourth-order valence-electron chi connectivity index (χ4n) is 9.20. The maximum absolute atomic E-state index is 5.58. The van der Waals surface area contributed by atoms with Gasteiger partial charge in [0.1, 0.15) is 8.07 Å². The van der Waals surface area contributed by atoms with Crippen LogP contribution in [0.4, 0.5) is 0 Å². The molecule has 0 aliphatic carbocycles. The molecular formula is C56H40N2Si. The fourth-order valence-corrected chi connectivity index (χ4v) is 12.4. The molecule has 3 heteroatoms. The van der Waals surface area contributed by atoms with Gasteiger partial charge in [0.15, 0.2) is 5.82 Å². The topological polar surface area (TPSA) is 25.8 Å². The molecule has 11 rings (SSSR count). The molecule has 0 spiro atoms. The maximum Gasteiger partial charge on any atom is 0.161 e. The summed E-state index contributed by atoms with van der Waals surface area (Å²) in [5.74, 6) is 0.765. The van der Waals surface area contributed by atoms with Crippen LogP contribution in [0.2, 0.25) is 13.1 Å². The van der Waals surface area contributed by atoms with E-state index in [1.54, 1.807) is 0 Å². The standard InChI is InChI=1S/C56H40N2Si/c1-59(2)52-36-44-22-10-9-21-43(44)35-51(52)54-55(59)53(57-56(58-54)50-29-15-23-39-20-11-12-28-49(39)50)45-27-14-25-41(31-45)40-24-13-26-42(30-40)48-33-46(37-16-5-3-6-17-37)32-47(34-48)38-18-7-4-8-19-38/h3-36H,1-2H3. The number of rotatable bonds is 6. The van der Waals surface area contributed by atoms with Gasteiger partial charge in [-0.3, -0.25) is 0 Å². The smallest absolute Gasteiger partial charge is 0.161 e. The fraction of sp³-hybridized carbons (Fsp3) is 0.0357. The highest BCUT2D eigenvalue weighted by molar-refractivity contribution is 7.04. The van der Waals surface area contributed by atoms with Crippen molar-refractivity contribution in [3.05, 3.63) is 206 Å². The first-order valence-corrected chi connectivity index (χ1v) is 23.4. The second-order valence-electron chi connectivity index (χ2n) is 16.2. The maximum atomic E-state index is 5.58. The average Bonchev–Trinajstić information content (AvgIpc) is 3.52. The Balaban J connectivity index is 1.08. The van der Waals surface area contributed by atoms with Crippen LogP contribution in [0.1, 0.15) is 0 Å². The van der Waals surface area contributed by atoms with Gasteiger partial charge in [0.2, 0.25) is 0 Å². The normalized spacial score (nSPS) is 12.7. The molecule has 278 valence electrons. The molecule has 2 heterocycles. The largest absolute Gasteiger partial charge is 0.228 e. The lowest BCUT2D eigenvalue weighted by Gasteiger charge is -2.22. The van der Waals surface area contributed by atoms with Crippen LogP contribution < -0.4 is 10.4 Å². The number of fused-ring (bicyclic) bond motifs is 5. The molecular weight excluding hydrogens is 729 g/mol. The zero-order valence-electron chi connectivity index (χ0n) is 33.0. The number of hydrogen-bond donors (Lipinski definition) is 0. The summed E-state index contributed by atoms with van der Waals surface area (Å²) in [6, 6.07) is 74.8. The Kier molecular flexibility index (Phi) is 8.31. The van der Waals surface area contributed by atoms with Gasteiger partial charge in [-0.15, -0.1) is 0 Å². The Labute approximate surface area is 346 Å². The highest BCUT2D eigenvalue weighted by Gasteiger charge is 2.42. The van der Waals surface area contributed by atoms with Gasteiger partial charge in [0, 0.05) is 16.7 Å². The molecule has 0 amide bonds. The quantitative estimate of drug-likeness (QED) is 0.157. The second-order valence-corrected chi connectivity index (χ2v) is 20.5. The van der Waals surface area contributed by atoms with E-state index in [0.29, 0.717) is 0 Å². The van der Waals surface area contributed by atoms with Crippen molar-refractivity contribution in [2.45, 2.75) is 13.1 Å². The molecule has 0 fully saturated rings. The number of hydrogen-bond acceptors (Lipinski definition) is 2. The van der Waals surface area contributed by atoms with Crippen molar-refractivity contribution in [3.63, 3.8) is 0 Å². The average molecular weight is 769 g/mol. The number of benzene rings is 9. The summed E-state index contributed by atoms with van der Waals surface area (Å²) in [6.07, 6.45) is 0. The predicted molar refractivity (Wildman–Crippen MR) is 252 cm³/mol. The van der Waals surface area contributed by atoms with Crippen LogP contribution in [0.3, 0.4) is 0 Å². The minimum atomic E-state index is -2.25. The molecule has 1 aliphatic heterocycles. The van der Waals surface area contributed by atoms with E-state index < -0.39 is 8.07 Å². The highest BCUT2D eigenvalue weighted by Crippen LogP contribution is 2.39. The highest BCUT2D eigenvalue weighted by atomic mass is 28.3. The molecule has 9 aromatic carbocycles. The first-order chi connectivity index (χ1) is 29.0. The summed E-state index contributed by atoms with van der Waals surface area (Å²) in [6.45, 7) is 4.94. The predicted octanol–water partition coefficient (Wildman–Crippen LogP) is 13.6. The zero-order valence-corrected chi connectivity index (χ0v) is 34.0. The van der Waals surface area contributed by atoms with E-state index in [2.05, 4.69) is 219 Å². The van der Waals surface area contributed by atoms with E-state index in [-0.39, 0.29) is 0 Å². The molecule has 0 bridgehead atoms. The van der Waals surface area contributed by atoms with Crippen LogP contribution in [-0.4, -0.2) is 18.0 Å². The van der Waals surface area contributed by atoms with Crippen molar-refractivity contribution >= 4 is 40.0 Å². The molecule has 1 aromatic heterocycles. The van der Waals surface area contributed by atoms with Crippen molar-refractivity contribution < 1.29 is 0 Å². The second kappa shape index (κ2) is 14.0. The van der Waals surface area contributed by atoms with E-state index in [4.69, 9.17) is 9.97 Å². The molecule has 0 atom stereocenters. The van der Waals surface area contributed by atoms with E-state index in [1.807, 2.05) is 0 Å². The monoisotopic (exact) mass is 768 g/mol. The third kappa shape index (κ3) is 6.10. The van der Waals surface area contributed by atoms with Crippen LogP contribution in [-0.2, 0) is 0 Å². The Morgan fingerprint density at radius 2 is 0.763 bits per heavy atom. The Bertz CT molecular complexity index is 3180. The van der Waals surface area contributed by atoms with Crippen molar-refractivity contribution in [2.75, 3.05) is 0 Å². The SMILES string of the molecule is C[Si]1(C)c2cc3ccccc3cc2-c2nc(-c3cccc4ccccc34)nc(-c3cccc(-c4cccc(-c5cc(-c6ccccc6)cc(-c6ccccc6)c5)c4)c3)c21. The van der Waals surface area contributed by atoms with E-state index >= 15 is 0 Å². The summed E-state index contributed by atoms with van der Waals surface area (Å²) in [5, 5.41) is 7.59. The van der Waals surface area contributed by atoms with Crippen LogP contribution >= 0.6 is 0 Å². The minimum absolute atomic E-state index is 0.765. The van der Waals surface area contributed by atoms with Gasteiger partial charge in [0.05, 0.1) is 11.4 Å². The van der Waals surface area contributed by atoms with Gasteiger partial charge in [0.25, 0.3) is 0 Å². The molecule has 2 nitrogen and oxygen atoms in total. The summed E-state index contributed by atoms with van der Waals surface area (Å²) in [4.78, 5) is 11.1. The molecule has 0 saturated carbocycles. The molecule has 0 unspecified atom stereocenters. The first kappa shape index (κ1) is 35.0. The van der Waals surface area contributed by atoms with Gasteiger partial charge in [-0.1, -0.05) is 183 Å². The summed E-state index contributed by atoms with van der Waals surface area (Å²) < 4.78 is 0.